The van der Waals surface area contributed by atoms with Crippen LogP contribution in [0.5, 0.6) is 0 Å². The maximum absolute atomic E-state index is 12.8. The summed E-state index contributed by atoms with van der Waals surface area (Å²) in [6.07, 6.45) is -3.12. The van der Waals surface area contributed by atoms with Crippen LogP contribution in [0.25, 0.3) is 0 Å². The van der Waals surface area contributed by atoms with Crippen molar-refractivity contribution >= 4 is 5.82 Å². The van der Waals surface area contributed by atoms with E-state index in [1.807, 2.05) is 0 Å². The first kappa shape index (κ1) is 13.8. The number of alkyl halides is 3. The Balaban J connectivity index is 3.19. The van der Waals surface area contributed by atoms with Gasteiger partial charge in [-0.3, -0.25) is 0 Å². The number of hydrogen-bond donors (Lipinski definition) is 1. The van der Waals surface area contributed by atoms with E-state index >= 15 is 0 Å². The van der Waals surface area contributed by atoms with Crippen molar-refractivity contribution in [2.45, 2.75) is 26.1 Å². The summed E-state index contributed by atoms with van der Waals surface area (Å²) >= 11 is 0. The minimum absolute atomic E-state index is 0.123. The van der Waals surface area contributed by atoms with Gasteiger partial charge in [0.25, 0.3) is 0 Å². The highest BCUT2D eigenvalue weighted by Crippen LogP contribution is 2.35. The molecule has 0 unspecified atom stereocenters. The van der Waals surface area contributed by atoms with Gasteiger partial charge < -0.3 is 10.0 Å². The number of rotatable bonds is 4. The lowest BCUT2D eigenvalue weighted by Crippen LogP contribution is -2.35. The van der Waals surface area contributed by atoms with Crippen LogP contribution < -0.4 is 4.90 Å². The van der Waals surface area contributed by atoms with Crippen molar-refractivity contribution in [1.29, 1.82) is 0 Å². The number of halogens is 3. The molecule has 0 aliphatic rings. The molecule has 1 N–H and O–H groups in total. The molecule has 1 aromatic rings. The second-order valence-electron chi connectivity index (χ2n) is 3.88. The van der Waals surface area contributed by atoms with Crippen LogP contribution in [0.15, 0.2) is 18.3 Å². The third kappa shape index (κ3) is 3.33. The SMILES string of the molecule is CC(C)N(CCO)c1ncccc1C(F)(F)F. The lowest BCUT2D eigenvalue weighted by atomic mass is 10.2. The maximum atomic E-state index is 12.8. The number of hydrogen-bond acceptors (Lipinski definition) is 3. The summed E-state index contributed by atoms with van der Waals surface area (Å²) in [5.74, 6) is -0.135. The minimum Gasteiger partial charge on any atom is -0.395 e. The van der Waals surface area contributed by atoms with Gasteiger partial charge in [0.15, 0.2) is 0 Å². The fourth-order valence-electron chi connectivity index (χ4n) is 1.56. The van der Waals surface area contributed by atoms with Crippen LogP contribution in [-0.2, 0) is 6.18 Å². The molecule has 0 fully saturated rings. The van der Waals surface area contributed by atoms with E-state index in [4.69, 9.17) is 5.11 Å². The Hall–Kier alpha value is -1.30. The summed E-state index contributed by atoms with van der Waals surface area (Å²) in [6.45, 7) is 3.42. The van der Waals surface area contributed by atoms with E-state index in [2.05, 4.69) is 4.98 Å². The van der Waals surface area contributed by atoms with E-state index in [1.54, 1.807) is 13.8 Å². The fraction of sp³-hybridized carbons (Fsp3) is 0.545. The van der Waals surface area contributed by atoms with Crippen LogP contribution in [0.3, 0.4) is 0 Å². The van der Waals surface area contributed by atoms with Gasteiger partial charge in [-0.25, -0.2) is 4.98 Å². The summed E-state index contributed by atoms with van der Waals surface area (Å²) < 4.78 is 38.3. The topological polar surface area (TPSA) is 36.4 Å². The van der Waals surface area contributed by atoms with Gasteiger partial charge in [-0.05, 0) is 26.0 Å². The summed E-state index contributed by atoms with van der Waals surface area (Å²) in [5.41, 5.74) is -0.776. The molecule has 0 aliphatic heterocycles. The molecule has 0 saturated carbocycles. The molecular weight excluding hydrogens is 233 g/mol. The largest absolute Gasteiger partial charge is 0.419 e. The van der Waals surface area contributed by atoms with Crippen molar-refractivity contribution in [3.63, 3.8) is 0 Å². The predicted octanol–water partition coefficient (Wildman–Crippen LogP) is 2.31. The zero-order valence-corrected chi connectivity index (χ0v) is 9.70. The fourth-order valence-corrected chi connectivity index (χ4v) is 1.56. The highest BCUT2D eigenvalue weighted by atomic mass is 19.4. The van der Waals surface area contributed by atoms with Crippen molar-refractivity contribution in [2.24, 2.45) is 0 Å². The molecule has 0 bridgehead atoms. The number of nitrogens with zero attached hydrogens (tertiary/aromatic N) is 2. The third-order valence-electron chi connectivity index (χ3n) is 2.33. The Morgan fingerprint density at radius 2 is 2.06 bits per heavy atom. The number of aliphatic hydroxyl groups is 1. The van der Waals surface area contributed by atoms with Crippen molar-refractivity contribution < 1.29 is 18.3 Å². The van der Waals surface area contributed by atoms with E-state index in [0.29, 0.717) is 0 Å². The van der Waals surface area contributed by atoms with Crippen LogP contribution in [0.4, 0.5) is 19.0 Å². The molecule has 96 valence electrons. The first-order valence-corrected chi connectivity index (χ1v) is 5.27. The smallest absolute Gasteiger partial charge is 0.395 e. The Morgan fingerprint density at radius 1 is 1.41 bits per heavy atom. The number of aromatic nitrogens is 1. The molecule has 0 aromatic carbocycles. The first-order valence-electron chi connectivity index (χ1n) is 5.27. The van der Waals surface area contributed by atoms with Gasteiger partial charge >= 0.3 is 6.18 Å². The van der Waals surface area contributed by atoms with Gasteiger partial charge in [0, 0.05) is 18.8 Å². The summed E-state index contributed by atoms with van der Waals surface area (Å²) in [7, 11) is 0. The lowest BCUT2D eigenvalue weighted by Gasteiger charge is -2.29. The van der Waals surface area contributed by atoms with Crippen LogP contribution in [-0.4, -0.2) is 29.3 Å². The Morgan fingerprint density at radius 3 is 2.53 bits per heavy atom. The van der Waals surface area contributed by atoms with Crippen molar-refractivity contribution in [2.75, 3.05) is 18.1 Å². The van der Waals surface area contributed by atoms with Crippen molar-refractivity contribution in [3.8, 4) is 0 Å². The molecule has 1 rings (SSSR count). The first-order chi connectivity index (χ1) is 7.88. The lowest BCUT2D eigenvalue weighted by molar-refractivity contribution is -0.137. The van der Waals surface area contributed by atoms with Gasteiger partial charge in [-0.1, -0.05) is 0 Å². The molecule has 0 saturated heterocycles. The van der Waals surface area contributed by atoms with Gasteiger partial charge in [0.05, 0.1) is 12.2 Å². The molecule has 1 aromatic heterocycles. The van der Waals surface area contributed by atoms with Crippen molar-refractivity contribution in [3.05, 3.63) is 23.9 Å². The van der Waals surface area contributed by atoms with Crippen LogP contribution in [0, 0.1) is 0 Å². The average Bonchev–Trinajstić information content (AvgIpc) is 2.24. The molecule has 3 nitrogen and oxygen atoms in total. The van der Waals surface area contributed by atoms with E-state index in [-0.39, 0.29) is 25.0 Å². The second kappa shape index (κ2) is 5.35. The van der Waals surface area contributed by atoms with E-state index in [0.717, 1.165) is 6.07 Å². The maximum Gasteiger partial charge on any atom is 0.419 e. The summed E-state index contributed by atoms with van der Waals surface area (Å²) in [6, 6.07) is 2.08. The molecule has 0 aliphatic carbocycles. The monoisotopic (exact) mass is 248 g/mol. The van der Waals surface area contributed by atoms with Gasteiger partial charge in [0.2, 0.25) is 0 Å². The average molecular weight is 248 g/mol. The summed E-state index contributed by atoms with van der Waals surface area (Å²) in [5, 5.41) is 8.89. The van der Waals surface area contributed by atoms with Crippen LogP contribution in [0.1, 0.15) is 19.4 Å². The second-order valence-corrected chi connectivity index (χ2v) is 3.88. The number of pyridine rings is 1. The Kier molecular flexibility index (Phi) is 4.34. The van der Waals surface area contributed by atoms with E-state index in [9.17, 15) is 13.2 Å². The van der Waals surface area contributed by atoms with E-state index in [1.165, 1.54) is 17.2 Å². The third-order valence-corrected chi connectivity index (χ3v) is 2.33. The number of aliphatic hydroxyl groups excluding tert-OH is 1. The van der Waals surface area contributed by atoms with E-state index < -0.39 is 11.7 Å². The molecule has 0 amide bonds. The van der Waals surface area contributed by atoms with Gasteiger partial charge in [-0.2, -0.15) is 13.2 Å². The van der Waals surface area contributed by atoms with Gasteiger partial charge in [-0.15, -0.1) is 0 Å². The molecule has 0 spiro atoms. The predicted molar refractivity (Wildman–Crippen MR) is 58.8 cm³/mol. The van der Waals surface area contributed by atoms with Crippen molar-refractivity contribution in [1.82, 2.24) is 4.98 Å². The summed E-state index contributed by atoms with van der Waals surface area (Å²) in [4.78, 5) is 5.21. The quantitative estimate of drug-likeness (QED) is 0.888. The highest BCUT2D eigenvalue weighted by Gasteiger charge is 2.35. The molecule has 1 heterocycles. The molecule has 0 atom stereocenters. The highest BCUT2D eigenvalue weighted by molar-refractivity contribution is 5.49. The zero-order valence-electron chi connectivity index (χ0n) is 9.70. The molecule has 0 radical (unpaired) electrons. The minimum atomic E-state index is -4.44. The van der Waals surface area contributed by atoms with Crippen LogP contribution >= 0.6 is 0 Å². The van der Waals surface area contributed by atoms with Gasteiger partial charge in [0.1, 0.15) is 5.82 Å². The molecule has 6 heteroatoms. The number of anilines is 1. The van der Waals surface area contributed by atoms with Crippen LogP contribution in [0.2, 0.25) is 0 Å². The standard InChI is InChI=1S/C11H15F3N2O/c1-8(2)16(6-7-17)10-9(11(12,13)14)4-3-5-15-10/h3-5,8,17H,6-7H2,1-2H3. The normalized spacial score (nSPS) is 11.9. The molecule has 17 heavy (non-hydrogen) atoms. The zero-order chi connectivity index (χ0) is 13.1. The molecular formula is C11H15F3N2O. The Labute approximate surface area is 97.9 Å². The Bertz CT molecular complexity index is 366.